The summed E-state index contributed by atoms with van der Waals surface area (Å²) in [5.74, 6) is 0.218. The first-order valence-corrected chi connectivity index (χ1v) is 11.5. The van der Waals surface area contributed by atoms with Gasteiger partial charge in [0, 0.05) is 36.3 Å². The van der Waals surface area contributed by atoms with E-state index in [1.54, 1.807) is 34.8 Å². The van der Waals surface area contributed by atoms with Crippen molar-refractivity contribution in [3.8, 4) is 11.1 Å². The summed E-state index contributed by atoms with van der Waals surface area (Å²) in [6.45, 7) is 3.19. The number of rotatable bonds is 5. The molecule has 2 aromatic carbocycles. The summed E-state index contributed by atoms with van der Waals surface area (Å²) < 4.78 is 29.7. The summed E-state index contributed by atoms with van der Waals surface area (Å²) >= 11 is 0. The second-order valence-corrected chi connectivity index (χ2v) is 9.82. The van der Waals surface area contributed by atoms with E-state index >= 15 is 0 Å². The van der Waals surface area contributed by atoms with E-state index < -0.39 is 10.0 Å². The highest BCUT2D eigenvalue weighted by atomic mass is 32.2. The van der Waals surface area contributed by atoms with Gasteiger partial charge in [0.25, 0.3) is 0 Å². The Morgan fingerprint density at radius 3 is 2.70 bits per heavy atom. The van der Waals surface area contributed by atoms with Crippen LogP contribution >= 0.6 is 0 Å². The quantitative estimate of drug-likeness (QED) is 0.534. The Bertz CT molecular complexity index is 1270. The van der Waals surface area contributed by atoms with E-state index in [1.807, 2.05) is 30.1 Å². The topological polar surface area (TPSA) is 83.9 Å². The van der Waals surface area contributed by atoms with E-state index in [0.717, 1.165) is 28.5 Å². The molecule has 1 fully saturated rings. The fourth-order valence-corrected chi connectivity index (χ4v) is 6.11. The van der Waals surface area contributed by atoms with Crippen molar-refractivity contribution in [3.63, 3.8) is 0 Å². The van der Waals surface area contributed by atoms with Gasteiger partial charge in [-0.05, 0) is 49.1 Å². The molecule has 1 aliphatic rings. The number of hydrogen-bond acceptors (Lipinski definition) is 4. The van der Waals surface area contributed by atoms with Crippen molar-refractivity contribution in [1.82, 2.24) is 24.3 Å². The van der Waals surface area contributed by atoms with Crippen molar-refractivity contribution >= 4 is 20.9 Å². The number of aromatic nitrogens is 4. The van der Waals surface area contributed by atoms with E-state index in [2.05, 4.69) is 33.5 Å². The summed E-state index contributed by atoms with van der Waals surface area (Å²) in [5, 5.41) is 12.5. The molecular formula is C22H23N5O2S. The summed E-state index contributed by atoms with van der Waals surface area (Å²) in [6.07, 6.45) is 6.36. The van der Waals surface area contributed by atoms with Gasteiger partial charge in [0.1, 0.15) is 0 Å². The maximum Gasteiger partial charge on any atom is 0.243 e. The second kappa shape index (κ2) is 7.37. The Labute approximate surface area is 175 Å². The molecule has 0 amide bonds. The molecule has 0 aliphatic carbocycles. The Kier molecular flexibility index (Phi) is 4.67. The van der Waals surface area contributed by atoms with Gasteiger partial charge in [-0.15, -0.1) is 0 Å². The monoisotopic (exact) mass is 421 g/mol. The minimum absolute atomic E-state index is 0.0327. The average molecular weight is 422 g/mol. The minimum Gasteiger partial charge on any atom is -0.285 e. The molecule has 1 N–H and O–H groups in total. The average Bonchev–Trinajstić information content (AvgIpc) is 3.49. The van der Waals surface area contributed by atoms with Gasteiger partial charge in [0.2, 0.25) is 10.0 Å². The molecule has 1 aliphatic heterocycles. The molecule has 0 spiro atoms. The molecule has 0 radical (unpaired) electrons. The van der Waals surface area contributed by atoms with E-state index in [0.29, 0.717) is 18.0 Å². The van der Waals surface area contributed by atoms with Crippen molar-refractivity contribution in [3.05, 3.63) is 67.1 Å². The zero-order valence-corrected chi connectivity index (χ0v) is 17.5. The summed E-state index contributed by atoms with van der Waals surface area (Å²) in [7, 11) is -3.48. The van der Waals surface area contributed by atoms with Crippen molar-refractivity contribution in [2.75, 3.05) is 6.54 Å². The smallest absolute Gasteiger partial charge is 0.243 e. The molecule has 3 heterocycles. The van der Waals surface area contributed by atoms with Crippen LogP contribution in [0.5, 0.6) is 0 Å². The van der Waals surface area contributed by atoms with Crippen LogP contribution in [0.3, 0.4) is 0 Å². The van der Waals surface area contributed by atoms with Crippen LogP contribution in [-0.2, 0) is 16.6 Å². The highest BCUT2D eigenvalue weighted by Crippen LogP contribution is 2.31. The van der Waals surface area contributed by atoms with E-state index in [4.69, 9.17) is 0 Å². The molecule has 1 saturated heterocycles. The standard InChI is InChI=1S/C22H23N5O2S/c1-16-9-17(15-27(16)30(28,29)21-5-3-2-4-6-21)14-26-22-8-7-18(10-19(22)13-25-26)20-11-23-24-12-20/h2-8,10-13,16-17H,9,14-15H2,1H3,(H,23,24)/t16-,17?/m1/s1. The Balaban J connectivity index is 1.36. The summed E-state index contributed by atoms with van der Waals surface area (Å²) in [6, 6.07) is 14.9. The van der Waals surface area contributed by atoms with Gasteiger partial charge in [-0.1, -0.05) is 24.3 Å². The number of fused-ring (bicyclic) bond motifs is 1. The fraction of sp³-hybridized carbons (Fsp3) is 0.273. The highest BCUT2D eigenvalue weighted by Gasteiger charge is 2.38. The van der Waals surface area contributed by atoms with Gasteiger partial charge in [0.05, 0.1) is 22.8 Å². The number of benzene rings is 2. The SMILES string of the molecule is C[C@@H]1CC(Cn2ncc3cc(-c4cn[nH]c4)ccc32)CN1S(=O)(=O)c1ccccc1. The van der Waals surface area contributed by atoms with Gasteiger partial charge in [-0.2, -0.15) is 14.5 Å². The van der Waals surface area contributed by atoms with Crippen LogP contribution in [0.25, 0.3) is 22.0 Å². The van der Waals surface area contributed by atoms with Crippen LogP contribution < -0.4 is 0 Å². The molecule has 8 heteroatoms. The third-order valence-corrected chi connectivity index (χ3v) is 7.85. The maximum absolute atomic E-state index is 13.1. The largest absolute Gasteiger partial charge is 0.285 e. The lowest BCUT2D eigenvalue weighted by Crippen LogP contribution is -2.34. The molecule has 30 heavy (non-hydrogen) atoms. The lowest BCUT2D eigenvalue weighted by Gasteiger charge is -2.21. The van der Waals surface area contributed by atoms with Crippen molar-refractivity contribution < 1.29 is 8.42 Å². The van der Waals surface area contributed by atoms with E-state index in [1.165, 1.54) is 0 Å². The normalized spacial score (nSPS) is 20.2. The molecule has 0 bridgehead atoms. The van der Waals surface area contributed by atoms with Crippen LogP contribution in [0.2, 0.25) is 0 Å². The molecule has 4 aromatic rings. The Morgan fingerprint density at radius 2 is 1.93 bits per heavy atom. The first-order chi connectivity index (χ1) is 14.5. The van der Waals surface area contributed by atoms with Crippen molar-refractivity contribution in [2.24, 2.45) is 5.92 Å². The van der Waals surface area contributed by atoms with E-state index in [-0.39, 0.29) is 12.0 Å². The van der Waals surface area contributed by atoms with Crippen molar-refractivity contribution in [2.45, 2.75) is 30.8 Å². The Morgan fingerprint density at radius 1 is 1.10 bits per heavy atom. The van der Waals surface area contributed by atoms with Gasteiger partial charge in [-0.3, -0.25) is 9.78 Å². The highest BCUT2D eigenvalue weighted by molar-refractivity contribution is 7.89. The van der Waals surface area contributed by atoms with Crippen LogP contribution in [0.1, 0.15) is 13.3 Å². The number of sulfonamides is 1. The van der Waals surface area contributed by atoms with Gasteiger partial charge in [-0.25, -0.2) is 8.42 Å². The summed E-state index contributed by atoms with van der Waals surface area (Å²) in [5.41, 5.74) is 3.18. The minimum atomic E-state index is -3.48. The molecule has 5 rings (SSSR count). The number of hydrogen-bond donors (Lipinski definition) is 1. The zero-order chi connectivity index (χ0) is 20.7. The van der Waals surface area contributed by atoms with E-state index in [9.17, 15) is 8.42 Å². The lowest BCUT2D eigenvalue weighted by molar-refractivity contribution is 0.396. The first kappa shape index (κ1) is 19.0. The van der Waals surface area contributed by atoms with Crippen LogP contribution in [0.15, 0.2) is 72.0 Å². The molecule has 7 nitrogen and oxygen atoms in total. The fourth-order valence-electron chi connectivity index (χ4n) is 4.37. The first-order valence-electron chi connectivity index (χ1n) is 10.0. The lowest BCUT2D eigenvalue weighted by atomic mass is 10.1. The number of nitrogens with one attached hydrogen (secondary N) is 1. The van der Waals surface area contributed by atoms with Gasteiger partial charge >= 0.3 is 0 Å². The van der Waals surface area contributed by atoms with Crippen LogP contribution in [0, 0.1) is 5.92 Å². The molecular weight excluding hydrogens is 398 g/mol. The molecule has 154 valence electrons. The number of nitrogens with zero attached hydrogens (tertiary/aromatic N) is 4. The third-order valence-electron chi connectivity index (χ3n) is 5.86. The van der Waals surface area contributed by atoms with Gasteiger partial charge in [0.15, 0.2) is 0 Å². The third kappa shape index (κ3) is 3.32. The van der Waals surface area contributed by atoms with Crippen LogP contribution in [0.4, 0.5) is 0 Å². The Hall–Kier alpha value is -2.97. The molecule has 2 aromatic heterocycles. The maximum atomic E-state index is 13.1. The molecule has 0 saturated carbocycles. The predicted molar refractivity (Wildman–Crippen MR) is 115 cm³/mol. The number of H-pyrrole nitrogens is 1. The summed E-state index contributed by atoms with van der Waals surface area (Å²) in [4.78, 5) is 0.355. The van der Waals surface area contributed by atoms with Crippen LogP contribution in [-0.4, -0.2) is 45.3 Å². The second-order valence-electron chi connectivity index (χ2n) is 7.93. The van der Waals surface area contributed by atoms with Crippen molar-refractivity contribution in [1.29, 1.82) is 0 Å². The van der Waals surface area contributed by atoms with Gasteiger partial charge < -0.3 is 0 Å². The predicted octanol–water partition coefficient (Wildman–Crippen LogP) is 3.53. The number of aromatic amines is 1. The molecule has 1 unspecified atom stereocenters. The zero-order valence-electron chi connectivity index (χ0n) is 16.6. The molecule has 2 atom stereocenters.